The van der Waals surface area contributed by atoms with Gasteiger partial charge in [-0.05, 0) is 0 Å². The molecule has 1 heterocycles. The summed E-state index contributed by atoms with van der Waals surface area (Å²) in [6.45, 7) is 0.454. The van der Waals surface area contributed by atoms with Gasteiger partial charge in [0.25, 0.3) is 0 Å². The van der Waals surface area contributed by atoms with Crippen molar-refractivity contribution in [3.05, 3.63) is 12.7 Å². The van der Waals surface area contributed by atoms with Crippen molar-refractivity contribution in [2.75, 3.05) is 7.11 Å². The van der Waals surface area contributed by atoms with Crippen molar-refractivity contribution in [2.45, 2.75) is 19.1 Å². The van der Waals surface area contributed by atoms with Crippen molar-refractivity contribution in [3.8, 4) is 0 Å². The SMILES string of the molecule is COC(CC(=O)O)Cn1cnnc1. The van der Waals surface area contributed by atoms with Crippen LogP contribution in [0.4, 0.5) is 0 Å². The van der Waals surface area contributed by atoms with Crippen LogP contribution in [0.3, 0.4) is 0 Å². The zero-order chi connectivity index (χ0) is 9.68. The van der Waals surface area contributed by atoms with Gasteiger partial charge in [0.05, 0.1) is 19.1 Å². The fourth-order valence-electron chi connectivity index (χ4n) is 0.969. The molecule has 1 unspecified atom stereocenters. The third kappa shape index (κ3) is 3.20. The molecule has 1 aromatic rings. The van der Waals surface area contributed by atoms with Crippen LogP contribution >= 0.6 is 0 Å². The highest BCUT2D eigenvalue weighted by Gasteiger charge is 2.12. The molecule has 72 valence electrons. The van der Waals surface area contributed by atoms with Crippen LogP contribution in [0.1, 0.15) is 6.42 Å². The monoisotopic (exact) mass is 185 g/mol. The van der Waals surface area contributed by atoms with Crippen molar-refractivity contribution in [3.63, 3.8) is 0 Å². The van der Waals surface area contributed by atoms with Gasteiger partial charge in [-0.25, -0.2) is 0 Å². The number of rotatable bonds is 5. The minimum atomic E-state index is -0.875. The lowest BCUT2D eigenvalue weighted by Crippen LogP contribution is -2.21. The fraction of sp³-hybridized carbons (Fsp3) is 0.571. The zero-order valence-electron chi connectivity index (χ0n) is 7.25. The molecule has 1 aromatic heterocycles. The second kappa shape index (κ2) is 4.56. The van der Waals surface area contributed by atoms with E-state index in [0.29, 0.717) is 6.54 Å². The Hall–Kier alpha value is -1.43. The molecule has 0 aliphatic heterocycles. The molecular weight excluding hydrogens is 174 g/mol. The summed E-state index contributed by atoms with van der Waals surface area (Å²) in [7, 11) is 1.48. The highest BCUT2D eigenvalue weighted by Crippen LogP contribution is 2.00. The zero-order valence-corrected chi connectivity index (χ0v) is 7.25. The van der Waals surface area contributed by atoms with E-state index in [1.54, 1.807) is 4.57 Å². The Bertz CT molecular complexity index is 260. The molecule has 0 saturated carbocycles. The maximum Gasteiger partial charge on any atom is 0.306 e. The number of carbonyl (C=O) groups is 1. The van der Waals surface area contributed by atoms with Gasteiger partial charge in [-0.2, -0.15) is 0 Å². The highest BCUT2D eigenvalue weighted by atomic mass is 16.5. The van der Waals surface area contributed by atoms with Crippen molar-refractivity contribution in [1.82, 2.24) is 14.8 Å². The van der Waals surface area contributed by atoms with E-state index >= 15 is 0 Å². The Kier molecular flexibility index (Phi) is 3.39. The molecule has 0 aliphatic carbocycles. The number of aliphatic carboxylic acids is 1. The second-order valence-electron chi connectivity index (χ2n) is 2.61. The maximum absolute atomic E-state index is 10.4. The predicted octanol–water partition coefficient (Wildman–Crippen LogP) is -0.232. The summed E-state index contributed by atoms with van der Waals surface area (Å²) in [5.41, 5.74) is 0. The Morgan fingerprint density at radius 1 is 1.62 bits per heavy atom. The Morgan fingerprint density at radius 2 is 2.23 bits per heavy atom. The van der Waals surface area contributed by atoms with Gasteiger partial charge in [0, 0.05) is 7.11 Å². The number of carboxylic acid groups (broad SMARTS) is 1. The lowest BCUT2D eigenvalue weighted by molar-refractivity contribution is -0.139. The molecule has 0 amide bonds. The van der Waals surface area contributed by atoms with Crippen LogP contribution in [0.25, 0.3) is 0 Å². The number of ether oxygens (including phenoxy) is 1. The third-order valence-corrected chi connectivity index (χ3v) is 1.62. The number of aromatic nitrogens is 3. The topological polar surface area (TPSA) is 77.2 Å². The summed E-state index contributed by atoms with van der Waals surface area (Å²) < 4.78 is 6.65. The van der Waals surface area contributed by atoms with E-state index in [1.165, 1.54) is 19.8 Å². The molecule has 0 fully saturated rings. The van der Waals surface area contributed by atoms with Gasteiger partial charge in [-0.15, -0.1) is 10.2 Å². The van der Waals surface area contributed by atoms with Crippen molar-refractivity contribution in [1.29, 1.82) is 0 Å². The van der Waals surface area contributed by atoms with Crippen LogP contribution < -0.4 is 0 Å². The molecule has 1 atom stereocenters. The van der Waals surface area contributed by atoms with Gasteiger partial charge in [0.2, 0.25) is 0 Å². The van der Waals surface area contributed by atoms with E-state index in [4.69, 9.17) is 9.84 Å². The molecule has 6 nitrogen and oxygen atoms in total. The first-order chi connectivity index (χ1) is 6.22. The van der Waals surface area contributed by atoms with Gasteiger partial charge in [0.15, 0.2) is 0 Å². The number of hydrogen-bond donors (Lipinski definition) is 1. The molecule has 1 rings (SSSR count). The van der Waals surface area contributed by atoms with E-state index in [0.717, 1.165) is 0 Å². The van der Waals surface area contributed by atoms with Gasteiger partial charge < -0.3 is 14.4 Å². The average molecular weight is 185 g/mol. The first-order valence-electron chi connectivity index (χ1n) is 3.79. The van der Waals surface area contributed by atoms with E-state index in [1.807, 2.05) is 0 Å². The number of carboxylic acids is 1. The van der Waals surface area contributed by atoms with E-state index in [-0.39, 0.29) is 12.5 Å². The summed E-state index contributed by atoms with van der Waals surface area (Å²) in [6.07, 6.45) is 2.68. The summed E-state index contributed by atoms with van der Waals surface area (Å²) >= 11 is 0. The van der Waals surface area contributed by atoms with Crippen LogP contribution in [-0.2, 0) is 16.1 Å². The predicted molar refractivity (Wildman–Crippen MR) is 43.1 cm³/mol. The molecule has 0 aliphatic rings. The normalized spacial score (nSPS) is 12.7. The quantitative estimate of drug-likeness (QED) is 0.685. The Morgan fingerprint density at radius 3 is 2.69 bits per heavy atom. The van der Waals surface area contributed by atoms with Crippen LogP contribution in [0.15, 0.2) is 12.7 Å². The molecular formula is C7H11N3O3. The maximum atomic E-state index is 10.4. The third-order valence-electron chi connectivity index (χ3n) is 1.62. The van der Waals surface area contributed by atoms with Crippen molar-refractivity contribution < 1.29 is 14.6 Å². The standard InChI is InChI=1S/C7H11N3O3/c1-13-6(2-7(11)12)3-10-4-8-9-5-10/h4-6H,2-3H2,1H3,(H,11,12). The molecule has 13 heavy (non-hydrogen) atoms. The van der Waals surface area contributed by atoms with Crippen LogP contribution in [-0.4, -0.2) is 39.1 Å². The Labute approximate surface area is 75.2 Å². The van der Waals surface area contributed by atoms with Crippen molar-refractivity contribution in [2.24, 2.45) is 0 Å². The van der Waals surface area contributed by atoms with E-state index in [9.17, 15) is 4.79 Å². The molecule has 1 N–H and O–H groups in total. The van der Waals surface area contributed by atoms with Crippen LogP contribution in [0.5, 0.6) is 0 Å². The lowest BCUT2D eigenvalue weighted by atomic mass is 10.2. The fourth-order valence-corrected chi connectivity index (χ4v) is 0.969. The van der Waals surface area contributed by atoms with E-state index < -0.39 is 5.97 Å². The van der Waals surface area contributed by atoms with Gasteiger partial charge in [-0.1, -0.05) is 0 Å². The first kappa shape index (κ1) is 9.66. The molecule has 0 spiro atoms. The second-order valence-corrected chi connectivity index (χ2v) is 2.61. The van der Waals surface area contributed by atoms with Crippen LogP contribution in [0, 0.1) is 0 Å². The summed E-state index contributed by atoms with van der Waals surface area (Å²) in [5.74, 6) is -0.875. The largest absolute Gasteiger partial charge is 0.481 e. The summed E-state index contributed by atoms with van der Waals surface area (Å²) in [6, 6.07) is 0. The number of nitrogens with zero attached hydrogens (tertiary/aromatic N) is 3. The minimum Gasteiger partial charge on any atom is -0.481 e. The van der Waals surface area contributed by atoms with Gasteiger partial charge in [-0.3, -0.25) is 4.79 Å². The average Bonchev–Trinajstić information content (AvgIpc) is 2.55. The van der Waals surface area contributed by atoms with Gasteiger partial charge >= 0.3 is 5.97 Å². The van der Waals surface area contributed by atoms with Crippen molar-refractivity contribution >= 4 is 5.97 Å². The molecule has 0 aromatic carbocycles. The summed E-state index contributed by atoms with van der Waals surface area (Å²) in [5, 5.41) is 15.7. The first-order valence-corrected chi connectivity index (χ1v) is 3.79. The van der Waals surface area contributed by atoms with E-state index in [2.05, 4.69) is 10.2 Å². The molecule has 0 bridgehead atoms. The highest BCUT2D eigenvalue weighted by molar-refractivity contribution is 5.67. The minimum absolute atomic E-state index is 0.0192. The number of methoxy groups -OCH3 is 1. The van der Waals surface area contributed by atoms with Crippen LogP contribution in [0.2, 0.25) is 0 Å². The van der Waals surface area contributed by atoms with Gasteiger partial charge in [0.1, 0.15) is 12.7 Å². The molecule has 0 saturated heterocycles. The number of hydrogen-bond acceptors (Lipinski definition) is 4. The lowest BCUT2D eigenvalue weighted by Gasteiger charge is -2.12. The molecule has 0 radical (unpaired) electrons. The smallest absolute Gasteiger partial charge is 0.306 e. The summed E-state index contributed by atoms with van der Waals surface area (Å²) in [4.78, 5) is 10.4. The molecule has 6 heteroatoms. The Balaban J connectivity index is 2.45.